The Morgan fingerprint density at radius 1 is 0.822 bits per heavy atom. The third kappa shape index (κ3) is 14.1. The number of benzene rings is 2. The molecule has 0 bridgehead atoms. The first-order valence-electron chi connectivity index (χ1n) is 14.7. The van der Waals surface area contributed by atoms with Gasteiger partial charge in [0.2, 0.25) is 11.8 Å². The van der Waals surface area contributed by atoms with E-state index in [1.54, 1.807) is 45.0 Å². The third-order valence-corrected chi connectivity index (χ3v) is 6.19. The van der Waals surface area contributed by atoms with Gasteiger partial charge in [0, 0.05) is 25.4 Å². The van der Waals surface area contributed by atoms with Gasteiger partial charge in [-0.3, -0.25) is 9.59 Å². The van der Waals surface area contributed by atoms with Crippen LogP contribution < -0.4 is 26.0 Å². The molecule has 2 atom stereocenters. The first-order chi connectivity index (χ1) is 21.1. The monoisotopic (exact) mass is 628 g/mol. The summed E-state index contributed by atoms with van der Waals surface area (Å²) in [7, 11) is 0. The molecule has 2 aromatic carbocycles. The quantitative estimate of drug-likeness (QED) is 0.142. The molecule has 13 nitrogen and oxygen atoms in total. The zero-order valence-corrected chi connectivity index (χ0v) is 26.3. The van der Waals surface area contributed by atoms with Crippen LogP contribution in [-0.2, 0) is 32.0 Å². The van der Waals surface area contributed by atoms with Crippen LogP contribution in [0.2, 0.25) is 0 Å². The van der Waals surface area contributed by atoms with Crippen LogP contribution in [0, 0.1) is 0 Å². The number of nitrogens with one attached hydrogen (secondary N) is 4. The molecule has 246 valence electrons. The summed E-state index contributed by atoms with van der Waals surface area (Å²) in [5, 5.41) is 30.0. The topological polar surface area (TPSA) is 192 Å². The summed E-state index contributed by atoms with van der Waals surface area (Å²) in [5.41, 5.74) is 0.0204. The highest BCUT2D eigenvalue weighted by molar-refractivity contribution is 5.93. The van der Waals surface area contributed by atoms with Gasteiger partial charge in [-0.2, -0.15) is 0 Å². The zero-order chi connectivity index (χ0) is 33.6. The summed E-state index contributed by atoms with van der Waals surface area (Å²) in [6, 6.07) is 11.1. The Kier molecular flexibility index (Phi) is 14.3. The molecule has 0 radical (unpaired) electrons. The number of carboxylic acids is 2. The van der Waals surface area contributed by atoms with Gasteiger partial charge >= 0.3 is 18.0 Å². The number of carbonyl (C=O) groups is 5. The summed E-state index contributed by atoms with van der Waals surface area (Å²) >= 11 is 0. The molecule has 13 heteroatoms. The summed E-state index contributed by atoms with van der Waals surface area (Å²) < 4.78 is 10.5. The largest absolute Gasteiger partial charge is 0.481 e. The summed E-state index contributed by atoms with van der Waals surface area (Å²) in [6.45, 7) is 9.33. The zero-order valence-electron chi connectivity index (χ0n) is 26.3. The van der Waals surface area contributed by atoms with Crippen molar-refractivity contribution in [2.45, 2.75) is 77.6 Å². The van der Waals surface area contributed by atoms with E-state index < -0.39 is 54.1 Å². The molecule has 2 rings (SSSR count). The van der Waals surface area contributed by atoms with Crippen molar-refractivity contribution in [1.29, 1.82) is 0 Å². The average molecular weight is 629 g/mol. The van der Waals surface area contributed by atoms with Crippen LogP contribution in [0.4, 0.5) is 4.79 Å². The molecule has 3 amide bonds. The predicted molar refractivity (Wildman–Crippen MR) is 166 cm³/mol. The van der Waals surface area contributed by atoms with Crippen molar-refractivity contribution in [3.05, 3.63) is 65.2 Å². The average Bonchev–Trinajstić information content (AvgIpc) is 2.94. The van der Waals surface area contributed by atoms with E-state index in [0.717, 1.165) is 5.56 Å². The molecule has 0 heterocycles. The number of hydrogen-bond donors (Lipinski definition) is 6. The number of aromatic carboxylic acids is 1. The van der Waals surface area contributed by atoms with Crippen molar-refractivity contribution < 1.29 is 43.7 Å². The number of ether oxygens (including phenoxy) is 2. The number of carboxylic acid groups (broad SMARTS) is 2. The van der Waals surface area contributed by atoms with Crippen LogP contribution in [0.1, 0.15) is 62.5 Å². The minimum Gasteiger partial charge on any atom is -0.481 e. The highest BCUT2D eigenvalue weighted by Crippen LogP contribution is 2.21. The Balaban J connectivity index is 2.33. The number of hydrogen-bond acceptors (Lipinski definition) is 8. The molecule has 0 aliphatic rings. The fourth-order valence-corrected chi connectivity index (χ4v) is 4.18. The highest BCUT2D eigenvalue weighted by Gasteiger charge is 2.29. The van der Waals surface area contributed by atoms with Gasteiger partial charge in [0.05, 0.1) is 0 Å². The van der Waals surface area contributed by atoms with E-state index >= 15 is 0 Å². The molecule has 0 saturated heterocycles. The molecule has 45 heavy (non-hydrogen) atoms. The van der Waals surface area contributed by atoms with Crippen molar-refractivity contribution in [3.63, 3.8) is 0 Å². The van der Waals surface area contributed by atoms with Crippen molar-refractivity contribution in [2.75, 3.05) is 19.7 Å². The molecule has 0 saturated carbocycles. The molecule has 0 spiro atoms. The normalized spacial score (nSPS) is 12.5. The van der Waals surface area contributed by atoms with E-state index in [9.17, 15) is 29.1 Å². The molecular weight excluding hydrogens is 584 g/mol. The van der Waals surface area contributed by atoms with Crippen molar-refractivity contribution in [1.82, 2.24) is 21.3 Å². The van der Waals surface area contributed by atoms with Crippen LogP contribution in [-0.4, -0.2) is 83.5 Å². The van der Waals surface area contributed by atoms with Gasteiger partial charge in [-0.05, 0) is 57.0 Å². The Hall–Kier alpha value is -4.65. The van der Waals surface area contributed by atoms with Crippen LogP contribution in [0.3, 0.4) is 0 Å². The van der Waals surface area contributed by atoms with Gasteiger partial charge < -0.3 is 41.0 Å². The van der Waals surface area contributed by atoms with Gasteiger partial charge in [-0.15, -0.1) is 0 Å². The van der Waals surface area contributed by atoms with E-state index in [0.29, 0.717) is 25.1 Å². The fourth-order valence-electron chi connectivity index (χ4n) is 4.18. The van der Waals surface area contributed by atoms with E-state index in [2.05, 4.69) is 21.3 Å². The van der Waals surface area contributed by atoms with Gasteiger partial charge in [0.1, 0.15) is 29.0 Å². The van der Waals surface area contributed by atoms with Crippen molar-refractivity contribution >= 4 is 29.8 Å². The van der Waals surface area contributed by atoms with E-state index in [1.807, 2.05) is 19.9 Å². The second kappa shape index (κ2) is 17.6. The number of alkyl carbamates (subject to hydrolysis) is 1. The molecule has 0 unspecified atom stereocenters. The van der Waals surface area contributed by atoms with Crippen LogP contribution >= 0.6 is 0 Å². The highest BCUT2D eigenvalue weighted by atomic mass is 16.6. The SMILES string of the molecule is CC(C)NCCCNC(=O)[C@H](Cc1ccc(OCC(=O)O)c(C(=O)O)c1)NC(=O)[C@H](Cc1ccccc1)NC(=O)OC(C)(C)C. The molecule has 2 aromatic rings. The smallest absolute Gasteiger partial charge is 0.408 e. The molecule has 0 aromatic heterocycles. The minimum absolute atomic E-state index is 0.105. The lowest BCUT2D eigenvalue weighted by Crippen LogP contribution is -2.55. The predicted octanol–water partition coefficient (Wildman–Crippen LogP) is 2.52. The van der Waals surface area contributed by atoms with Crippen LogP contribution in [0.25, 0.3) is 0 Å². The Morgan fingerprint density at radius 2 is 1.47 bits per heavy atom. The first kappa shape index (κ1) is 36.5. The van der Waals surface area contributed by atoms with Gasteiger partial charge in [0.25, 0.3) is 0 Å². The second-order valence-corrected chi connectivity index (χ2v) is 11.7. The fraction of sp³-hybridized carbons (Fsp3) is 0.469. The van der Waals surface area contributed by atoms with Gasteiger partial charge in [0.15, 0.2) is 6.61 Å². The molecule has 6 N–H and O–H groups in total. The second-order valence-electron chi connectivity index (χ2n) is 11.7. The van der Waals surface area contributed by atoms with Crippen molar-refractivity contribution in [3.8, 4) is 5.75 Å². The number of carbonyl (C=O) groups excluding carboxylic acids is 3. The Morgan fingerprint density at radius 3 is 2.07 bits per heavy atom. The van der Waals surface area contributed by atoms with E-state index in [1.165, 1.54) is 18.2 Å². The van der Waals surface area contributed by atoms with Gasteiger partial charge in [-0.1, -0.05) is 50.2 Å². The number of rotatable bonds is 17. The number of amides is 3. The maximum absolute atomic E-state index is 13.6. The lowest BCUT2D eigenvalue weighted by molar-refractivity contribution is -0.139. The van der Waals surface area contributed by atoms with Crippen LogP contribution in [0.5, 0.6) is 5.75 Å². The molecule has 0 aliphatic heterocycles. The van der Waals surface area contributed by atoms with Crippen molar-refractivity contribution in [2.24, 2.45) is 0 Å². The lowest BCUT2D eigenvalue weighted by atomic mass is 10.0. The third-order valence-electron chi connectivity index (χ3n) is 6.19. The maximum atomic E-state index is 13.6. The maximum Gasteiger partial charge on any atom is 0.408 e. The summed E-state index contributed by atoms with van der Waals surface area (Å²) in [4.78, 5) is 62.5. The Labute approximate surface area is 263 Å². The minimum atomic E-state index is -1.36. The molecular formula is C32H44N4O9. The van der Waals surface area contributed by atoms with Gasteiger partial charge in [-0.25, -0.2) is 14.4 Å². The lowest BCUT2D eigenvalue weighted by Gasteiger charge is -2.25. The van der Waals surface area contributed by atoms with E-state index in [-0.39, 0.29) is 30.2 Å². The number of aliphatic carboxylic acids is 1. The van der Waals surface area contributed by atoms with E-state index in [4.69, 9.17) is 14.6 Å². The standard InChI is InChI=1S/C32H44N4O9/c1-20(2)33-14-9-15-34-28(39)24(18-22-12-13-26(44-19-27(37)38)23(16-22)30(41)42)35-29(40)25(17-21-10-7-6-8-11-21)36-31(43)45-32(3,4)5/h6-8,10-13,16,20,24-25,33H,9,14-15,17-19H2,1-5H3,(H,34,39)(H,35,40)(H,36,43)(H,37,38)(H,41,42)/t24-,25-/m0/s1. The Bertz CT molecular complexity index is 1310. The van der Waals surface area contributed by atoms with Crippen LogP contribution in [0.15, 0.2) is 48.5 Å². The summed E-state index contributed by atoms with van der Waals surface area (Å²) in [6.07, 6.45) is -0.174. The first-order valence-corrected chi connectivity index (χ1v) is 14.7. The molecule has 0 aliphatic carbocycles. The molecule has 0 fully saturated rings. The summed E-state index contributed by atoms with van der Waals surface area (Å²) in [5.74, 6) is -3.94.